The van der Waals surface area contributed by atoms with E-state index in [0.717, 1.165) is 70.8 Å². The Morgan fingerprint density at radius 2 is 2.00 bits per heavy atom. The number of Topliss-reactive ketones (excluding diaryl/α,β-unsaturated/α-hetero) is 1. The van der Waals surface area contributed by atoms with Gasteiger partial charge in [0.05, 0.1) is 24.3 Å². The molecule has 42 heavy (non-hydrogen) atoms. The highest BCUT2D eigenvalue weighted by atomic mass is 16.5. The van der Waals surface area contributed by atoms with E-state index in [1.807, 2.05) is 12.8 Å². The second-order valence-electron chi connectivity index (χ2n) is 13.0. The zero-order valence-electron chi connectivity index (χ0n) is 26.2. The normalized spacial score (nSPS) is 28.3. The summed E-state index contributed by atoms with van der Waals surface area (Å²) in [5.41, 5.74) is 8.77. The lowest BCUT2D eigenvalue weighted by molar-refractivity contribution is -0.699. The molecule has 3 rings (SSSR count). The summed E-state index contributed by atoms with van der Waals surface area (Å²) in [6.07, 6.45) is 12.3. The van der Waals surface area contributed by atoms with Gasteiger partial charge in [-0.25, -0.2) is 0 Å². The molecule has 2 aliphatic heterocycles. The number of allylic oxidation sites excluding steroid dienone is 1. The third kappa shape index (κ3) is 11.4. The minimum atomic E-state index is -0.418. The summed E-state index contributed by atoms with van der Waals surface area (Å²) in [7, 11) is 1.63. The van der Waals surface area contributed by atoms with Crippen LogP contribution in [0.15, 0.2) is 16.1 Å². The van der Waals surface area contributed by atoms with Gasteiger partial charge in [-0.1, -0.05) is 13.3 Å². The van der Waals surface area contributed by atoms with Crippen LogP contribution in [0.5, 0.6) is 0 Å². The predicted molar refractivity (Wildman–Crippen MR) is 163 cm³/mol. The molecular weight excluding hydrogens is 534 g/mol. The van der Waals surface area contributed by atoms with Gasteiger partial charge in [-0.3, -0.25) is 15.3 Å². The standard InChI is InChI=1S/C33H56N3O6/c1-4-23(15-27-20-35-21-28(27)17-26(12-14-37)25-11-13-36-33(34)18-25)6-9-30(42-22(2)38)19-29(39)8-5-24-7-10-31(40)32(16-24)41-3/h20-21,23-26,30-33,36-37,40H,4-19,34H2,1-3H3/q+1/p+1/t23-,24?,25?,26+,30-,31?,32?,33?/m1/s1. The SMILES string of the molecule is CC[C@H](CC[C@H](CC(=O)CCC1CCC(O)C(OC)C1)OC(C)=O)CC1=C(C[C@H](CCO)C2CC[NH2+]C(N)C2)[CH+]N=C1. The summed E-state index contributed by atoms with van der Waals surface area (Å²) in [5.74, 6) is 1.48. The van der Waals surface area contributed by atoms with Crippen LogP contribution in [0, 0.1) is 30.2 Å². The van der Waals surface area contributed by atoms with E-state index in [-0.39, 0.29) is 37.0 Å². The first-order valence-corrected chi connectivity index (χ1v) is 16.4. The molecule has 0 amide bonds. The van der Waals surface area contributed by atoms with Gasteiger partial charge in [0.1, 0.15) is 30.2 Å². The molecule has 1 saturated heterocycles. The van der Waals surface area contributed by atoms with E-state index in [4.69, 9.17) is 15.2 Å². The summed E-state index contributed by atoms with van der Waals surface area (Å²) in [6, 6.07) is 0. The molecule has 0 bridgehead atoms. The Bertz CT molecular complexity index is 908. The highest BCUT2D eigenvalue weighted by Gasteiger charge is 2.33. The molecular formula is C33H57N3O6+2. The number of piperidine rings is 1. The second-order valence-corrected chi connectivity index (χ2v) is 13.0. The Labute approximate surface area is 253 Å². The number of rotatable bonds is 18. The smallest absolute Gasteiger partial charge is 0.302 e. The topological polar surface area (TPSA) is 148 Å². The number of esters is 1. The van der Waals surface area contributed by atoms with Crippen molar-refractivity contribution in [2.75, 3.05) is 20.3 Å². The lowest BCUT2D eigenvalue weighted by Gasteiger charge is -2.32. The van der Waals surface area contributed by atoms with Crippen molar-refractivity contribution in [2.45, 2.75) is 128 Å². The Morgan fingerprint density at radius 1 is 1.19 bits per heavy atom. The first-order chi connectivity index (χ1) is 20.2. The van der Waals surface area contributed by atoms with Gasteiger partial charge in [-0.15, -0.1) is 4.99 Å². The number of hydrogen-bond donors (Lipinski definition) is 4. The number of carbonyl (C=O) groups is 2. The van der Waals surface area contributed by atoms with Gasteiger partial charge < -0.3 is 25.0 Å². The number of methoxy groups -OCH3 is 1. The minimum absolute atomic E-state index is 0.131. The number of aliphatic imine (C=N–C) groups is 1. The maximum atomic E-state index is 12.9. The molecule has 1 aliphatic carbocycles. The number of nitrogens with zero attached hydrogens (tertiary/aromatic N) is 1. The van der Waals surface area contributed by atoms with Crippen LogP contribution in [0.25, 0.3) is 0 Å². The van der Waals surface area contributed by atoms with Crippen LogP contribution < -0.4 is 11.1 Å². The molecule has 0 radical (unpaired) electrons. The summed E-state index contributed by atoms with van der Waals surface area (Å²) in [4.78, 5) is 29.3. The molecule has 3 aliphatic rings. The summed E-state index contributed by atoms with van der Waals surface area (Å²) in [5, 5.41) is 22.0. The number of ether oxygens (including phenoxy) is 2. The maximum absolute atomic E-state index is 12.9. The number of carbonyl (C=O) groups excluding carboxylic acids is 2. The zero-order valence-corrected chi connectivity index (χ0v) is 26.2. The number of nitrogens with two attached hydrogens (primary N) is 2. The number of quaternary nitrogens is 1. The fourth-order valence-corrected chi connectivity index (χ4v) is 7.27. The van der Waals surface area contributed by atoms with Crippen molar-refractivity contribution in [1.29, 1.82) is 0 Å². The average Bonchev–Trinajstić information content (AvgIpc) is 3.40. The van der Waals surface area contributed by atoms with Gasteiger partial charge in [-0.2, -0.15) is 0 Å². The van der Waals surface area contributed by atoms with Crippen molar-refractivity contribution in [2.24, 2.45) is 34.4 Å². The molecule has 0 aromatic heterocycles. The van der Waals surface area contributed by atoms with Crippen molar-refractivity contribution < 1.29 is 34.6 Å². The van der Waals surface area contributed by atoms with Crippen molar-refractivity contribution in [3.05, 3.63) is 17.7 Å². The molecule has 8 atom stereocenters. The van der Waals surface area contributed by atoms with Crippen LogP contribution in [0.1, 0.15) is 104 Å². The lowest BCUT2D eigenvalue weighted by atomic mass is 9.77. The van der Waals surface area contributed by atoms with Crippen LogP contribution >= 0.6 is 0 Å². The Hall–Kier alpha value is -1.78. The first-order valence-electron chi connectivity index (χ1n) is 16.4. The zero-order chi connectivity index (χ0) is 30.5. The summed E-state index contributed by atoms with van der Waals surface area (Å²) >= 11 is 0. The van der Waals surface area contributed by atoms with Gasteiger partial charge in [-0.05, 0) is 75.0 Å². The van der Waals surface area contributed by atoms with Crippen molar-refractivity contribution >= 4 is 18.0 Å². The van der Waals surface area contributed by atoms with Crippen LogP contribution in [0.4, 0.5) is 0 Å². The van der Waals surface area contributed by atoms with Crippen LogP contribution in [-0.4, -0.2) is 72.9 Å². The molecule has 0 aromatic carbocycles. The van der Waals surface area contributed by atoms with Crippen molar-refractivity contribution in [1.82, 2.24) is 0 Å². The average molecular weight is 592 g/mol. The quantitative estimate of drug-likeness (QED) is 0.141. The minimum Gasteiger partial charge on any atom is -0.462 e. The van der Waals surface area contributed by atoms with E-state index in [1.165, 1.54) is 18.1 Å². The molecule has 9 nitrogen and oxygen atoms in total. The van der Waals surface area contributed by atoms with Gasteiger partial charge in [0.2, 0.25) is 0 Å². The van der Waals surface area contributed by atoms with E-state index in [9.17, 15) is 19.8 Å². The Kier molecular flexibility index (Phi) is 15.0. The fraction of sp³-hybridized carbons (Fsp3) is 0.818. The van der Waals surface area contributed by atoms with Crippen molar-refractivity contribution in [3.63, 3.8) is 0 Å². The van der Waals surface area contributed by atoms with E-state index in [2.05, 4.69) is 17.2 Å². The molecule has 0 aromatic rings. The number of aliphatic hydroxyl groups excluding tert-OH is 2. The van der Waals surface area contributed by atoms with Crippen molar-refractivity contribution in [3.8, 4) is 0 Å². The number of ketones is 1. The molecule has 9 heteroatoms. The van der Waals surface area contributed by atoms with Crippen LogP contribution in [0.2, 0.25) is 0 Å². The highest BCUT2D eigenvalue weighted by molar-refractivity contribution is 5.84. The number of aliphatic hydroxyl groups is 2. The largest absolute Gasteiger partial charge is 0.462 e. The summed E-state index contributed by atoms with van der Waals surface area (Å²) in [6.45, 7) is 6.83. The first kappa shape index (κ1) is 34.7. The summed E-state index contributed by atoms with van der Waals surface area (Å²) < 4.78 is 11.0. The van der Waals surface area contributed by atoms with Crippen LogP contribution in [-0.2, 0) is 19.1 Å². The van der Waals surface area contributed by atoms with Gasteiger partial charge in [0.25, 0.3) is 0 Å². The van der Waals surface area contributed by atoms with Crippen LogP contribution in [0.3, 0.4) is 0 Å². The predicted octanol–water partition coefficient (Wildman–Crippen LogP) is 3.22. The lowest BCUT2D eigenvalue weighted by Crippen LogP contribution is -2.94. The number of hydrogen-bond acceptors (Lipinski definition) is 8. The van der Waals surface area contributed by atoms with Gasteiger partial charge in [0.15, 0.2) is 6.21 Å². The van der Waals surface area contributed by atoms with E-state index in [1.54, 1.807) is 7.11 Å². The van der Waals surface area contributed by atoms with Gasteiger partial charge >= 0.3 is 5.97 Å². The highest BCUT2D eigenvalue weighted by Crippen LogP contribution is 2.35. The van der Waals surface area contributed by atoms with Gasteiger partial charge in [0, 0.05) is 52.7 Å². The van der Waals surface area contributed by atoms with E-state index < -0.39 is 12.2 Å². The molecule has 1 saturated carbocycles. The second kappa shape index (κ2) is 18.1. The molecule has 5 unspecified atom stereocenters. The molecule has 2 heterocycles. The van der Waals surface area contributed by atoms with E-state index >= 15 is 0 Å². The maximum Gasteiger partial charge on any atom is 0.302 e. The Morgan fingerprint density at radius 3 is 2.69 bits per heavy atom. The third-order valence-corrected chi connectivity index (χ3v) is 9.87. The Balaban J connectivity index is 1.52. The monoisotopic (exact) mass is 591 g/mol. The molecule has 6 N–H and O–H groups in total. The molecule has 0 spiro atoms. The third-order valence-electron chi connectivity index (χ3n) is 9.87. The molecule has 2 fully saturated rings. The molecule has 238 valence electrons. The fourth-order valence-electron chi connectivity index (χ4n) is 7.27. The van der Waals surface area contributed by atoms with E-state index in [0.29, 0.717) is 42.9 Å².